The van der Waals surface area contributed by atoms with Crippen molar-refractivity contribution in [1.82, 2.24) is 9.88 Å². The Kier molecular flexibility index (Phi) is 5.71. The van der Waals surface area contributed by atoms with Gasteiger partial charge in [0.25, 0.3) is 0 Å². The van der Waals surface area contributed by atoms with Gasteiger partial charge in [-0.25, -0.2) is 9.78 Å². The first kappa shape index (κ1) is 15.7. The lowest BCUT2D eigenvalue weighted by atomic mass is 10.2. The predicted octanol–water partition coefficient (Wildman–Crippen LogP) is 1.09. The number of rotatable bonds is 6. The molecule has 1 N–H and O–H groups in total. The molecule has 0 aliphatic heterocycles. The van der Waals surface area contributed by atoms with Crippen LogP contribution in [0.25, 0.3) is 6.08 Å². The van der Waals surface area contributed by atoms with Crippen LogP contribution in [0.2, 0.25) is 0 Å². The summed E-state index contributed by atoms with van der Waals surface area (Å²) in [7, 11) is 3.42. The lowest BCUT2D eigenvalue weighted by Crippen LogP contribution is -2.36. The molecule has 1 aromatic rings. The van der Waals surface area contributed by atoms with E-state index in [1.165, 1.54) is 11.0 Å². The van der Waals surface area contributed by atoms with E-state index >= 15 is 0 Å². The van der Waals surface area contributed by atoms with Gasteiger partial charge < -0.3 is 14.9 Å². The number of nitrogens with zero attached hydrogens (tertiary/aromatic N) is 3. The smallest absolute Gasteiger partial charge is 0.328 e. The minimum absolute atomic E-state index is 0.00324. The molecule has 6 heteroatoms. The summed E-state index contributed by atoms with van der Waals surface area (Å²) in [5.74, 6) is -0.306. The summed E-state index contributed by atoms with van der Waals surface area (Å²) in [5, 5.41) is 8.55. The van der Waals surface area contributed by atoms with Crippen molar-refractivity contribution in [3.8, 4) is 0 Å². The lowest BCUT2D eigenvalue weighted by Gasteiger charge is -2.23. The molecule has 0 saturated carbocycles. The Balaban J connectivity index is 2.79. The van der Waals surface area contributed by atoms with E-state index in [2.05, 4.69) is 4.98 Å². The van der Waals surface area contributed by atoms with E-state index in [4.69, 9.17) is 5.11 Å². The van der Waals surface area contributed by atoms with E-state index in [-0.39, 0.29) is 12.5 Å². The molecule has 6 nitrogen and oxygen atoms in total. The van der Waals surface area contributed by atoms with E-state index in [1.807, 2.05) is 11.8 Å². The molecule has 0 aliphatic rings. The highest BCUT2D eigenvalue weighted by molar-refractivity contribution is 5.85. The molecule has 108 valence electrons. The molecule has 0 atom stereocenters. The standard InChI is InChI=1S/C14H19N3O3/c1-4-17(10-13(18)16(2)3)12-7-5-11(9-15-12)6-8-14(19)20/h5-9H,4,10H2,1-3H3,(H,19,20)/b8-6+. The minimum atomic E-state index is -0.999. The van der Waals surface area contributed by atoms with Gasteiger partial charge in [0.15, 0.2) is 0 Å². The number of carbonyl (C=O) groups excluding carboxylic acids is 1. The number of carbonyl (C=O) groups is 2. The molecule has 0 aliphatic carbocycles. The Morgan fingerprint density at radius 3 is 2.50 bits per heavy atom. The fourth-order valence-electron chi connectivity index (χ4n) is 1.51. The predicted molar refractivity (Wildman–Crippen MR) is 77.5 cm³/mol. The number of pyridine rings is 1. The van der Waals surface area contributed by atoms with Gasteiger partial charge in [-0.1, -0.05) is 0 Å². The molecular weight excluding hydrogens is 258 g/mol. The van der Waals surface area contributed by atoms with Gasteiger partial charge in [-0.05, 0) is 30.7 Å². The highest BCUT2D eigenvalue weighted by Crippen LogP contribution is 2.12. The largest absolute Gasteiger partial charge is 0.478 e. The third kappa shape index (κ3) is 4.72. The van der Waals surface area contributed by atoms with E-state index in [9.17, 15) is 9.59 Å². The maximum Gasteiger partial charge on any atom is 0.328 e. The molecule has 0 saturated heterocycles. The maximum absolute atomic E-state index is 11.7. The molecule has 1 amide bonds. The fourth-order valence-corrected chi connectivity index (χ4v) is 1.51. The van der Waals surface area contributed by atoms with Crippen molar-refractivity contribution < 1.29 is 14.7 Å². The molecule has 1 heterocycles. The first-order valence-electron chi connectivity index (χ1n) is 6.26. The average molecular weight is 277 g/mol. The van der Waals surface area contributed by atoms with Crippen molar-refractivity contribution in [3.63, 3.8) is 0 Å². The first-order chi connectivity index (χ1) is 9.43. The molecule has 0 radical (unpaired) electrons. The van der Waals surface area contributed by atoms with Gasteiger partial charge in [0.1, 0.15) is 5.82 Å². The number of amides is 1. The quantitative estimate of drug-likeness (QED) is 0.788. The van der Waals surface area contributed by atoms with E-state index in [0.717, 1.165) is 6.08 Å². The second kappa shape index (κ2) is 7.28. The van der Waals surface area contributed by atoms with E-state index in [1.54, 1.807) is 32.4 Å². The molecule has 0 unspecified atom stereocenters. The average Bonchev–Trinajstić information content (AvgIpc) is 2.42. The summed E-state index contributed by atoms with van der Waals surface area (Å²) in [6.07, 6.45) is 4.11. The van der Waals surface area contributed by atoms with Crippen LogP contribution in [0.1, 0.15) is 12.5 Å². The van der Waals surface area contributed by atoms with Crippen LogP contribution in [-0.2, 0) is 9.59 Å². The summed E-state index contributed by atoms with van der Waals surface area (Å²) in [6.45, 7) is 2.88. The number of hydrogen-bond acceptors (Lipinski definition) is 4. The first-order valence-corrected chi connectivity index (χ1v) is 6.26. The summed E-state index contributed by atoms with van der Waals surface area (Å²) >= 11 is 0. The van der Waals surface area contributed by atoms with Gasteiger partial charge in [-0.15, -0.1) is 0 Å². The zero-order valence-electron chi connectivity index (χ0n) is 11.9. The summed E-state index contributed by atoms with van der Waals surface area (Å²) in [4.78, 5) is 29.8. The zero-order chi connectivity index (χ0) is 15.1. The van der Waals surface area contributed by atoms with Crippen molar-refractivity contribution in [1.29, 1.82) is 0 Å². The van der Waals surface area contributed by atoms with Crippen LogP contribution in [0.3, 0.4) is 0 Å². The monoisotopic (exact) mass is 277 g/mol. The van der Waals surface area contributed by atoms with Gasteiger partial charge in [-0.2, -0.15) is 0 Å². The normalized spacial score (nSPS) is 10.6. The van der Waals surface area contributed by atoms with Crippen molar-refractivity contribution in [2.45, 2.75) is 6.92 Å². The Labute approximate surface area is 118 Å². The van der Waals surface area contributed by atoms with Gasteiger partial charge >= 0.3 is 5.97 Å². The minimum Gasteiger partial charge on any atom is -0.478 e. The SMILES string of the molecule is CCN(CC(=O)N(C)C)c1ccc(/C=C/C(=O)O)cn1. The molecule has 0 aromatic carbocycles. The highest BCUT2D eigenvalue weighted by Gasteiger charge is 2.12. The third-order valence-electron chi connectivity index (χ3n) is 2.72. The molecular formula is C14H19N3O3. The van der Waals surface area contributed by atoms with Gasteiger partial charge in [0.2, 0.25) is 5.91 Å². The summed E-state index contributed by atoms with van der Waals surface area (Å²) < 4.78 is 0. The zero-order valence-corrected chi connectivity index (χ0v) is 11.9. The Hall–Kier alpha value is -2.37. The van der Waals surface area contributed by atoms with Crippen LogP contribution >= 0.6 is 0 Å². The lowest BCUT2D eigenvalue weighted by molar-refractivity contribution is -0.131. The van der Waals surface area contributed by atoms with E-state index in [0.29, 0.717) is 17.9 Å². The van der Waals surface area contributed by atoms with Crippen molar-refractivity contribution in [3.05, 3.63) is 30.0 Å². The second-order valence-electron chi connectivity index (χ2n) is 4.42. The van der Waals surface area contributed by atoms with E-state index < -0.39 is 5.97 Å². The third-order valence-corrected chi connectivity index (χ3v) is 2.72. The number of likely N-dealkylation sites (N-methyl/N-ethyl adjacent to an activating group) is 2. The number of carboxylic acids is 1. The van der Waals surface area contributed by atoms with Crippen molar-refractivity contribution >= 4 is 23.8 Å². The molecule has 0 bridgehead atoms. The number of aliphatic carboxylic acids is 1. The molecule has 0 fully saturated rings. The number of aromatic nitrogens is 1. The Bertz CT molecular complexity index is 495. The van der Waals surface area contributed by atoms with Crippen LogP contribution in [0.15, 0.2) is 24.4 Å². The number of hydrogen-bond donors (Lipinski definition) is 1. The highest BCUT2D eigenvalue weighted by atomic mass is 16.4. The maximum atomic E-state index is 11.7. The summed E-state index contributed by atoms with van der Waals surface area (Å²) in [5.41, 5.74) is 0.700. The van der Waals surface area contributed by atoms with Crippen LogP contribution < -0.4 is 4.90 Å². The second-order valence-corrected chi connectivity index (χ2v) is 4.42. The molecule has 1 aromatic heterocycles. The van der Waals surface area contributed by atoms with Crippen LogP contribution in [0, 0.1) is 0 Å². The van der Waals surface area contributed by atoms with Gasteiger partial charge in [-0.3, -0.25) is 4.79 Å². The van der Waals surface area contributed by atoms with Gasteiger partial charge in [0.05, 0.1) is 6.54 Å². The topological polar surface area (TPSA) is 73.7 Å². The molecule has 1 rings (SSSR count). The van der Waals surface area contributed by atoms with Crippen molar-refractivity contribution in [2.75, 3.05) is 32.1 Å². The fraction of sp³-hybridized carbons (Fsp3) is 0.357. The summed E-state index contributed by atoms with van der Waals surface area (Å²) in [6, 6.07) is 3.54. The van der Waals surface area contributed by atoms with Crippen LogP contribution in [-0.4, -0.2) is 54.1 Å². The number of carboxylic acid groups (broad SMARTS) is 1. The number of anilines is 1. The molecule has 20 heavy (non-hydrogen) atoms. The van der Waals surface area contributed by atoms with Gasteiger partial charge in [0, 0.05) is 32.9 Å². The Morgan fingerprint density at radius 2 is 2.05 bits per heavy atom. The van der Waals surface area contributed by atoms with Crippen LogP contribution in [0.5, 0.6) is 0 Å². The Morgan fingerprint density at radius 1 is 1.35 bits per heavy atom. The molecule has 0 spiro atoms. The van der Waals surface area contributed by atoms with Crippen LogP contribution in [0.4, 0.5) is 5.82 Å². The van der Waals surface area contributed by atoms with Crippen molar-refractivity contribution in [2.24, 2.45) is 0 Å².